The Labute approximate surface area is 285 Å². The largest absolute Gasteiger partial charge is 0.455 e. The molecular weight excluding hydrogens is 612 g/mol. The Morgan fingerprint density at radius 2 is 1.79 bits per heavy atom. The van der Waals surface area contributed by atoms with Gasteiger partial charge in [-0.1, -0.05) is 77.8 Å². The van der Waals surface area contributed by atoms with E-state index in [-0.39, 0.29) is 59.7 Å². The van der Waals surface area contributed by atoms with Crippen LogP contribution in [0, 0.1) is 17.8 Å². The second-order valence-electron chi connectivity index (χ2n) is 13.8. The number of nitrogens with one attached hydrogen (secondary N) is 1. The highest BCUT2D eigenvalue weighted by Crippen LogP contribution is 2.32. The molecule has 1 aromatic carbocycles. The molecule has 260 valence electrons. The van der Waals surface area contributed by atoms with Crippen LogP contribution < -0.4 is 5.32 Å². The van der Waals surface area contributed by atoms with Crippen LogP contribution in [0.4, 0.5) is 0 Å². The number of carbonyl (C=O) groups excluding carboxylic acids is 4. The minimum atomic E-state index is -0.729. The minimum absolute atomic E-state index is 0.0154. The van der Waals surface area contributed by atoms with Gasteiger partial charge in [0.25, 0.3) is 5.91 Å². The lowest BCUT2D eigenvalue weighted by molar-refractivity contribution is -0.149. The number of benzene rings is 1. The number of carbonyl (C=O) groups is 4. The molecule has 3 rings (SSSR count). The third-order valence-electron chi connectivity index (χ3n) is 9.39. The summed E-state index contributed by atoms with van der Waals surface area (Å²) in [6.07, 6.45) is 5.26. The Bertz CT molecular complexity index is 1310. The van der Waals surface area contributed by atoms with Crippen molar-refractivity contribution < 1.29 is 23.9 Å². The molecule has 2 amide bonds. The number of rotatable bonds is 17. The molecule has 0 saturated carbocycles. The molecule has 1 aliphatic heterocycles. The van der Waals surface area contributed by atoms with Gasteiger partial charge < -0.3 is 15.0 Å². The summed E-state index contributed by atoms with van der Waals surface area (Å²) >= 11 is 1.28. The SMILES string of the molecule is CCC[C@H](Cc1ccccc1)NC(=O)c1csc([C@@H](C[C@H](C(C)C)N(C)C(=O)[C@@H](CC(=O)[C@H]2CCCCN2C)C(C)C)OC(C)=O)n1. The number of thiazole rings is 1. The molecule has 1 saturated heterocycles. The zero-order chi connectivity index (χ0) is 34.7. The molecule has 0 radical (unpaired) electrons. The maximum atomic E-state index is 14.0. The van der Waals surface area contributed by atoms with Crippen molar-refractivity contribution in [1.82, 2.24) is 20.1 Å². The monoisotopic (exact) mass is 668 g/mol. The maximum absolute atomic E-state index is 14.0. The van der Waals surface area contributed by atoms with Crippen molar-refractivity contribution in [1.29, 1.82) is 0 Å². The van der Waals surface area contributed by atoms with Crippen molar-refractivity contribution >= 4 is 34.9 Å². The molecule has 0 aliphatic carbocycles. The van der Waals surface area contributed by atoms with Gasteiger partial charge in [-0.15, -0.1) is 11.3 Å². The van der Waals surface area contributed by atoms with Crippen molar-refractivity contribution in [2.45, 2.75) is 117 Å². The number of Topliss-reactive ketones (excluding diaryl/α,β-unsaturated/α-hetero) is 1. The summed E-state index contributed by atoms with van der Waals surface area (Å²) in [5.41, 5.74) is 1.44. The van der Waals surface area contributed by atoms with Crippen molar-refractivity contribution in [3.63, 3.8) is 0 Å². The van der Waals surface area contributed by atoms with Crippen molar-refractivity contribution in [2.24, 2.45) is 17.8 Å². The summed E-state index contributed by atoms with van der Waals surface area (Å²) in [5.74, 6) is -1.09. The summed E-state index contributed by atoms with van der Waals surface area (Å²) in [7, 11) is 3.78. The van der Waals surface area contributed by atoms with Gasteiger partial charge in [0.2, 0.25) is 5.91 Å². The Balaban J connectivity index is 1.76. The Morgan fingerprint density at radius 1 is 1.09 bits per heavy atom. The Morgan fingerprint density at radius 3 is 2.38 bits per heavy atom. The molecule has 1 aromatic heterocycles. The summed E-state index contributed by atoms with van der Waals surface area (Å²) in [5, 5.41) is 5.37. The van der Waals surface area contributed by atoms with E-state index in [1.54, 1.807) is 17.3 Å². The molecule has 0 unspecified atom stereocenters. The maximum Gasteiger partial charge on any atom is 0.303 e. The van der Waals surface area contributed by atoms with Gasteiger partial charge >= 0.3 is 5.97 Å². The van der Waals surface area contributed by atoms with E-state index >= 15 is 0 Å². The van der Waals surface area contributed by atoms with Crippen LogP contribution in [0.15, 0.2) is 35.7 Å². The minimum Gasteiger partial charge on any atom is -0.455 e. The van der Waals surface area contributed by atoms with Crippen LogP contribution in [0.2, 0.25) is 0 Å². The number of nitrogens with zero attached hydrogens (tertiary/aromatic N) is 3. The first kappa shape index (κ1) is 38.3. The van der Waals surface area contributed by atoms with E-state index in [0.29, 0.717) is 11.4 Å². The van der Waals surface area contributed by atoms with E-state index in [1.807, 2.05) is 52.9 Å². The highest BCUT2D eigenvalue weighted by molar-refractivity contribution is 7.09. The fraction of sp³-hybridized carbons (Fsp3) is 0.649. The number of piperidine rings is 1. The summed E-state index contributed by atoms with van der Waals surface area (Å²) in [6.45, 7) is 12.4. The molecule has 10 heteroatoms. The molecule has 2 heterocycles. The number of aromatic nitrogens is 1. The van der Waals surface area contributed by atoms with Gasteiger partial charge in [0.15, 0.2) is 11.9 Å². The Kier molecular flexibility index (Phi) is 15.0. The lowest BCUT2D eigenvalue weighted by Gasteiger charge is -2.37. The average Bonchev–Trinajstić information content (AvgIpc) is 3.52. The van der Waals surface area contributed by atoms with E-state index in [1.165, 1.54) is 18.3 Å². The van der Waals surface area contributed by atoms with Crippen LogP contribution in [-0.4, -0.2) is 77.1 Å². The van der Waals surface area contributed by atoms with Gasteiger partial charge in [-0.3, -0.25) is 24.1 Å². The third-order valence-corrected chi connectivity index (χ3v) is 10.3. The van der Waals surface area contributed by atoms with Gasteiger partial charge in [0, 0.05) is 50.2 Å². The molecule has 2 aromatic rings. The van der Waals surface area contributed by atoms with Gasteiger partial charge in [0.05, 0.1) is 6.04 Å². The predicted octanol–water partition coefficient (Wildman–Crippen LogP) is 6.48. The smallest absolute Gasteiger partial charge is 0.303 e. The lowest BCUT2D eigenvalue weighted by Crippen LogP contribution is -2.48. The fourth-order valence-electron chi connectivity index (χ4n) is 6.64. The van der Waals surface area contributed by atoms with Gasteiger partial charge in [0.1, 0.15) is 10.7 Å². The molecule has 5 atom stereocenters. The second-order valence-corrected chi connectivity index (χ2v) is 14.7. The number of amides is 2. The zero-order valence-electron chi connectivity index (χ0n) is 29.7. The summed E-state index contributed by atoms with van der Waals surface area (Å²) in [4.78, 5) is 61.5. The van der Waals surface area contributed by atoms with Crippen LogP contribution >= 0.6 is 11.3 Å². The first-order valence-electron chi connectivity index (χ1n) is 17.3. The fourth-order valence-corrected chi connectivity index (χ4v) is 7.48. The lowest BCUT2D eigenvalue weighted by atomic mass is 9.84. The van der Waals surface area contributed by atoms with E-state index in [9.17, 15) is 19.2 Å². The third kappa shape index (κ3) is 11.2. The Hall–Kier alpha value is -3.11. The van der Waals surface area contributed by atoms with Crippen molar-refractivity contribution in [3.05, 3.63) is 52.0 Å². The standard InChI is InChI=1S/C37H56N4O5S/c1-9-15-28(20-27-16-11-10-12-17-27)38-35(44)30-23-47-36(39-30)34(46-26(6)42)22-32(25(4)5)41(8)37(45)29(24(2)3)21-33(43)31-18-13-14-19-40(31)7/h10-12,16-17,23-25,28-29,31-32,34H,9,13-15,18-22H2,1-8H3,(H,38,44)/t28-,29+,31-,32-,34-/m1/s1. The highest BCUT2D eigenvalue weighted by Gasteiger charge is 2.37. The van der Waals surface area contributed by atoms with Crippen LogP contribution in [0.25, 0.3) is 0 Å². The van der Waals surface area contributed by atoms with Crippen LogP contribution in [-0.2, 0) is 25.5 Å². The van der Waals surface area contributed by atoms with E-state index in [4.69, 9.17) is 4.74 Å². The van der Waals surface area contributed by atoms with E-state index in [0.717, 1.165) is 50.6 Å². The van der Waals surface area contributed by atoms with Gasteiger partial charge in [-0.05, 0) is 56.7 Å². The second kappa shape index (κ2) is 18.4. The number of ether oxygens (including phenoxy) is 1. The number of esters is 1. The van der Waals surface area contributed by atoms with E-state index < -0.39 is 18.0 Å². The molecule has 9 nitrogen and oxygen atoms in total. The first-order valence-corrected chi connectivity index (χ1v) is 18.2. The summed E-state index contributed by atoms with van der Waals surface area (Å²) in [6, 6.07) is 9.63. The normalized spacial score (nSPS) is 18.0. The van der Waals surface area contributed by atoms with Crippen LogP contribution in [0.3, 0.4) is 0 Å². The average molecular weight is 669 g/mol. The number of ketones is 1. The highest BCUT2D eigenvalue weighted by atomic mass is 32.1. The number of hydrogen-bond donors (Lipinski definition) is 1. The zero-order valence-corrected chi connectivity index (χ0v) is 30.5. The molecule has 0 bridgehead atoms. The molecular formula is C37H56N4O5S. The summed E-state index contributed by atoms with van der Waals surface area (Å²) < 4.78 is 5.78. The van der Waals surface area contributed by atoms with Crippen molar-refractivity contribution in [2.75, 3.05) is 20.6 Å². The molecule has 0 spiro atoms. The number of likely N-dealkylation sites (tertiary alicyclic amines) is 1. The van der Waals surface area contributed by atoms with E-state index in [2.05, 4.69) is 34.3 Å². The first-order chi connectivity index (χ1) is 22.3. The van der Waals surface area contributed by atoms with Crippen LogP contribution in [0.1, 0.15) is 114 Å². The van der Waals surface area contributed by atoms with Crippen molar-refractivity contribution in [3.8, 4) is 0 Å². The molecule has 1 aliphatic rings. The van der Waals surface area contributed by atoms with Gasteiger partial charge in [-0.25, -0.2) is 4.98 Å². The number of hydrogen-bond acceptors (Lipinski definition) is 8. The quantitative estimate of drug-likeness (QED) is 0.192. The predicted molar refractivity (Wildman–Crippen MR) is 187 cm³/mol. The molecule has 1 N–H and O–H groups in total. The van der Waals surface area contributed by atoms with Gasteiger partial charge in [-0.2, -0.15) is 0 Å². The topological polar surface area (TPSA) is 109 Å². The molecule has 47 heavy (non-hydrogen) atoms. The van der Waals surface area contributed by atoms with Crippen LogP contribution in [0.5, 0.6) is 0 Å². The molecule has 1 fully saturated rings. The number of likely N-dealkylation sites (N-methyl/N-ethyl adjacent to an activating group) is 1.